The molecule has 0 spiro atoms. The number of nitrogens with one attached hydrogen (secondary N) is 1. The molecule has 0 radical (unpaired) electrons. The van der Waals surface area contributed by atoms with Crippen LogP contribution in [0.15, 0.2) is 30.3 Å². The minimum atomic E-state index is 0.624. The molecule has 1 unspecified atom stereocenters. The largest absolute Gasteiger partial charge is 0.312 e. The number of benzene rings is 1. The third-order valence-electron chi connectivity index (χ3n) is 3.63. The summed E-state index contributed by atoms with van der Waals surface area (Å²) in [7, 11) is 2.22. The normalized spacial score (nSPS) is 17.4. The second-order valence-electron chi connectivity index (χ2n) is 5.25. The van der Waals surface area contributed by atoms with E-state index in [9.17, 15) is 0 Å². The van der Waals surface area contributed by atoms with Gasteiger partial charge in [0.15, 0.2) is 0 Å². The number of likely N-dealkylation sites (N-methyl/N-ethyl adjacent to an activating group) is 1. The maximum Gasteiger partial charge on any atom is 0.0189 e. The van der Waals surface area contributed by atoms with Crippen molar-refractivity contribution in [3.8, 4) is 0 Å². The minimum Gasteiger partial charge on any atom is -0.312 e. The molecule has 1 aliphatic carbocycles. The molecule has 0 saturated heterocycles. The highest BCUT2D eigenvalue weighted by Crippen LogP contribution is 2.18. The van der Waals surface area contributed by atoms with E-state index in [4.69, 9.17) is 0 Å². The lowest BCUT2D eigenvalue weighted by Gasteiger charge is -2.25. The smallest absolute Gasteiger partial charge is 0.0189 e. The summed E-state index contributed by atoms with van der Waals surface area (Å²) < 4.78 is 0. The van der Waals surface area contributed by atoms with E-state index in [0.717, 1.165) is 25.6 Å². The highest BCUT2D eigenvalue weighted by atomic mass is 15.1. The molecule has 1 aromatic carbocycles. The van der Waals surface area contributed by atoms with E-state index < -0.39 is 0 Å². The fourth-order valence-electron chi connectivity index (χ4n) is 1.95. The summed E-state index contributed by atoms with van der Waals surface area (Å²) in [5.41, 5.74) is 1.43. The zero-order valence-corrected chi connectivity index (χ0v) is 11.0. The molecule has 1 saturated carbocycles. The third kappa shape index (κ3) is 4.49. The van der Waals surface area contributed by atoms with Crippen molar-refractivity contribution in [3.63, 3.8) is 0 Å². The van der Waals surface area contributed by atoms with Gasteiger partial charge in [-0.2, -0.15) is 0 Å². The summed E-state index contributed by atoms with van der Waals surface area (Å²) in [6, 6.07) is 12.2. The van der Waals surface area contributed by atoms with Crippen molar-refractivity contribution >= 4 is 0 Å². The van der Waals surface area contributed by atoms with E-state index in [1.165, 1.54) is 18.4 Å². The molecule has 2 rings (SSSR count). The van der Waals surface area contributed by atoms with Crippen LogP contribution in [-0.4, -0.2) is 37.1 Å². The van der Waals surface area contributed by atoms with Crippen LogP contribution in [0, 0.1) is 0 Å². The SMILES string of the molecule is CC(CNC1CC1)N(C)CCc1ccccc1. The Morgan fingerprint density at radius 3 is 2.65 bits per heavy atom. The zero-order valence-electron chi connectivity index (χ0n) is 11.0. The maximum absolute atomic E-state index is 3.59. The van der Waals surface area contributed by atoms with Crippen LogP contribution in [0.3, 0.4) is 0 Å². The summed E-state index contributed by atoms with van der Waals surface area (Å²) in [4.78, 5) is 2.45. The molecule has 0 aromatic heterocycles. The number of hydrogen-bond donors (Lipinski definition) is 1. The van der Waals surface area contributed by atoms with E-state index in [1.54, 1.807) is 0 Å². The Balaban J connectivity index is 1.66. The zero-order chi connectivity index (χ0) is 12.1. The first kappa shape index (κ1) is 12.6. The number of rotatable bonds is 7. The van der Waals surface area contributed by atoms with Crippen LogP contribution >= 0.6 is 0 Å². The van der Waals surface area contributed by atoms with Gasteiger partial charge in [0, 0.05) is 25.2 Å². The molecule has 0 heterocycles. The van der Waals surface area contributed by atoms with Gasteiger partial charge in [-0.3, -0.25) is 0 Å². The average Bonchev–Trinajstić information content (AvgIpc) is 3.18. The van der Waals surface area contributed by atoms with Crippen molar-refractivity contribution in [1.29, 1.82) is 0 Å². The Morgan fingerprint density at radius 1 is 1.29 bits per heavy atom. The molecule has 17 heavy (non-hydrogen) atoms. The van der Waals surface area contributed by atoms with Gasteiger partial charge in [-0.25, -0.2) is 0 Å². The van der Waals surface area contributed by atoms with Gasteiger partial charge in [-0.15, -0.1) is 0 Å². The Morgan fingerprint density at radius 2 is 2.00 bits per heavy atom. The molecule has 1 fully saturated rings. The lowest BCUT2D eigenvalue weighted by atomic mass is 10.1. The summed E-state index contributed by atoms with van der Waals surface area (Å²) in [5, 5.41) is 3.59. The molecule has 94 valence electrons. The van der Waals surface area contributed by atoms with Gasteiger partial charge in [0.2, 0.25) is 0 Å². The standard InChI is InChI=1S/C15H24N2/c1-13(12-16-15-8-9-15)17(2)11-10-14-6-4-3-5-7-14/h3-7,13,15-16H,8-12H2,1-2H3. The summed E-state index contributed by atoms with van der Waals surface area (Å²) in [5.74, 6) is 0. The van der Waals surface area contributed by atoms with E-state index >= 15 is 0 Å². The van der Waals surface area contributed by atoms with Crippen LogP contribution in [0.1, 0.15) is 25.3 Å². The molecule has 0 bridgehead atoms. The van der Waals surface area contributed by atoms with Crippen molar-refractivity contribution in [2.24, 2.45) is 0 Å². The molecular formula is C15H24N2. The molecule has 0 amide bonds. The molecule has 1 aliphatic rings. The second kappa shape index (κ2) is 6.18. The molecular weight excluding hydrogens is 208 g/mol. The Hall–Kier alpha value is -0.860. The summed E-state index contributed by atoms with van der Waals surface area (Å²) in [6.45, 7) is 4.56. The minimum absolute atomic E-state index is 0.624. The Labute approximate surface area is 105 Å². The van der Waals surface area contributed by atoms with Crippen LogP contribution in [0.2, 0.25) is 0 Å². The first-order chi connectivity index (χ1) is 8.25. The summed E-state index contributed by atoms with van der Waals surface area (Å²) in [6.07, 6.45) is 3.89. The predicted molar refractivity (Wildman–Crippen MR) is 73.3 cm³/mol. The van der Waals surface area contributed by atoms with Crippen molar-refractivity contribution in [1.82, 2.24) is 10.2 Å². The van der Waals surface area contributed by atoms with Crippen LogP contribution in [0.25, 0.3) is 0 Å². The predicted octanol–water partition coefficient (Wildman–Crippen LogP) is 2.30. The van der Waals surface area contributed by atoms with Crippen LogP contribution in [0.4, 0.5) is 0 Å². The monoisotopic (exact) mass is 232 g/mol. The maximum atomic E-state index is 3.59. The lowest BCUT2D eigenvalue weighted by Crippen LogP contribution is -2.39. The van der Waals surface area contributed by atoms with Crippen molar-refractivity contribution in [2.75, 3.05) is 20.1 Å². The van der Waals surface area contributed by atoms with Crippen LogP contribution in [-0.2, 0) is 6.42 Å². The first-order valence-electron chi connectivity index (χ1n) is 6.73. The van der Waals surface area contributed by atoms with Gasteiger partial charge < -0.3 is 10.2 Å². The average molecular weight is 232 g/mol. The Bertz CT molecular complexity index is 319. The van der Waals surface area contributed by atoms with Gasteiger partial charge in [0.25, 0.3) is 0 Å². The lowest BCUT2D eigenvalue weighted by molar-refractivity contribution is 0.253. The third-order valence-corrected chi connectivity index (χ3v) is 3.63. The topological polar surface area (TPSA) is 15.3 Å². The molecule has 2 heteroatoms. The highest BCUT2D eigenvalue weighted by Gasteiger charge is 2.21. The van der Waals surface area contributed by atoms with E-state index in [2.05, 4.69) is 54.5 Å². The molecule has 1 N–H and O–H groups in total. The van der Waals surface area contributed by atoms with Gasteiger partial charge in [-0.1, -0.05) is 30.3 Å². The fraction of sp³-hybridized carbons (Fsp3) is 0.600. The number of nitrogens with zero attached hydrogens (tertiary/aromatic N) is 1. The van der Waals surface area contributed by atoms with Gasteiger partial charge in [0.05, 0.1) is 0 Å². The van der Waals surface area contributed by atoms with Crippen LogP contribution in [0.5, 0.6) is 0 Å². The summed E-state index contributed by atoms with van der Waals surface area (Å²) >= 11 is 0. The first-order valence-corrected chi connectivity index (χ1v) is 6.73. The van der Waals surface area contributed by atoms with Crippen molar-refractivity contribution < 1.29 is 0 Å². The second-order valence-corrected chi connectivity index (χ2v) is 5.25. The van der Waals surface area contributed by atoms with Crippen molar-refractivity contribution in [2.45, 2.75) is 38.3 Å². The van der Waals surface area contributed by atoms with Crippen molar-refractivity contribution in [3.05, 3.63) is 35.9 Å². The van der Waals surface area contributed by atoms with Gasteiger partial charge >= 0.3 is 0 Å². The quantitative estimate of drug-likeness (QED) is 0.776. The van der Waals surface area contributed by atoms with E-state index in [-0.39, 0.29) is 0 Å². The molecule has 1 aromatic rings. The van der Waals surface area contributed by atoms with E-state index in [0.29, 0.717) is 6.04 Å². The molecule has 2 nitrogen and oxygen atoms in total. The fourth-order valence-corrected chi connectivity index (χ4v) is 1.95. The Kier molecular flexibility index (Phi) is 4.57. The molecule has 1 atom stereocenters. The highest BCUT2D eigenvalue weighted by molar-refractivity contribution is 5.14. The van der Waals surface area contributed by atoms with Gasteiger partial charge in [-0.05, 0) is 38.8 Å². The molecule has 0 aliphatic heterocycles. The van der Waals surface area contributed by atoms with Crippen LogP contribution < -0.4 is 5.32 Å². The van der Waals surface area contributed by atoms with E-state index in [1.807, 2.05) is 0 Å². The number of hydrogen-bond acceptors (Lipinski definition) is 2. The van der Waals surface area contributed by atoms with Gasteiger partial charge in [0.1, 0.15) is 0 Å².